The Bertz CT molecular complexity index is 675. The number of rotatable bonds is 16. The number of aliphatic carboxylic acids is 1. The van der Waals surface area contributed by atoms with E-state index in [4.69, 9.17) is 17.2 Å². The number of carboxylic acid groups (broad SMARTS) is 1. The van der Waals surface area contributed by atoms with Crippen LogP contribution in [0.4, 0.5) is 0 Å². The summed E-state index contributed by atoms with van der Waals surface area (Å²) in [6.07, 6.45) is 1.06. The van der Waals surface area contributed by atoms with Crippen LogP contribution in [0, 0.1) is 0 Å². The summed E-state index contributed by atoms with van der Waals surface area (Å²) in [5.74, 6) is -4.52. The predicted octanol–water partition coefficient (Wildman–Crippen LogP) is -3.23. The van der Waals surface area contributed by atoms with Gasteiger partial charge in [0.1, 0.15) is 18.1 Å². The van der Waals surface area contributed by atoms with Crippen LogP contribution in [0.5, 0.6) is 0 Å². The standard InChI is InChI=1S/C17H30N6O7S/c1-31-7-6-10(21-14(26)8-18)16(28)22-9(2-4-12(19)24)15(27)23-11(17(29)30)3-5-13(20)25/h9-11H,2-8,18H2,1H3,(H2,19,24)(H2,20,25)(H,21,26)(H,22,28)(H,23,27)(H,29,30). The molecule has 0 heterocycles. The molecule has 0 fully saturated rings. The largest absolute Gasteiger partial charge is 0.480 e. The average molecular weight is 463 g/mol. The van der Waals surface area contributed by atoms with Gasteiger partial charge < -0.3 is 38.3 Å². The highest BCUT2D eigenvalue weighted by molar-refractivity contribution is 7.98. The lowest BCUT2D eigenvalue weighted by Crippen LogP contribution is -2.56. The number of carboxylic acids is 1. The summed E-state index contributed by atoms with van der Waals surface area (Å²) in [5, 5.41) is 16.3. The van der Waals surface area contributed by atoms with E-state index in [0.29, 0.717) is 5.75 Å². The highest BCUT2D eigenvalue weighted by Crippen LogP contribution is 2.05. The third kappa shape index (κ3) is 12.4. The summed E-state index contributed by atoms with van der Waals surface area (Å²) >= 11 is 1.43. The fourth-order valence-corrected chi connectivity index (χ4v) is 2.87. The van der Waals surface area contributed by atoms with Crippen molar-refractivity contribution in [2.24, 2.45) is 17.2 Å². The number of carbonyl (C=O) groups is 6. The minimum absolute atomic E-state index is 0.199. The molecule has 10 N–H and O–H groups in total. The van der Waals surface area contributed by atoms with Crippen LogP contribution < -0.4 is 33.2 Å². The Labute approximate surface area is 183 Å². The molecule has 0 aliphatic heterocycles. The molecule has 31 heavy (non-hydrogen) atoms. The highest BCUT2D eigenvalue weighted by Gasteiger charge is 2.29. The number of nitrogens with one attached hydrogen (secondary N) is 3. The van der Waals surface area contributed by atoms with Crippen LogP contribution in [-0.4, -0.2) is 77.3 Å². The first kappa shape index (κ1) is 28.1. The number of hydrogen-bond donors (Lipinski definition) is 7. The van der Waals surface area contributed by atoms with Gasteiger partial charge in [0.25, 0.3) is 0 Å². The third-order valence-corrected chi connectivity index (χ3v) is 4.70. The Morgan fingerprint density at radius 2 is 1.26 bits per heavy atom. The van der Waals surface area contributed by atoms with Gasteiger partial charge in [-0.15, -0.1) is 0 Å². The molecule has 0 aliphatic carbocycles. The van der Waals surface area contributed by atoms with Gasteiger partial charge in [-0.25, -0.2) is 4.79 Å². The summed E-state index contributed by atoms with van der Waals surface area (Å²) in [4.78, 5) is 70.2. The summed E-state index contributed by atoms with van der Waals surface area (Å²) in [5.41, 5.74) is 15.4. The summed E-state index contributed by atoms with van der Waals surface area (Å²) in [7, 11) is 0. The minimum Gasteiger partial charge on any atom is -0.480 e. The minimum atomic E-state index is -1.43. The van der Waals surface area contributed by atoms with E-state index in [1.165, 1.54) is 11.8 Å². The van der Waals surface area contributed by atoms with Gasteiger partial charge >= 0.3 is 5.97 Å². The summed E-state index contributed by atoms with van der Waals surface area (Å²) < 4.78 is 0. The van der Waals surface area contributed by atoms with E-state index in [-0.39, 0.29) is 38.6 Å². The van der Waals surface area contributed by atoms with Crippen LogP contribution in [0.25, 0.3) is 0 Å². The second kappa shape index (κ2) is 15.0. The van der Waals surface area contributed by atoms with Crippen molar-refractivity contribution in [2.75, 3.05) is 18.6 Å². The Morgan fingerprint density at radius 1 is 0.806 bits per heavy atom. The van der Waals surface area contributed by atoms with Gasteiger partial charge in [0.2, 0.25) is 29.5 Å². The van der Waals surface area contributed by atoms with Crippen molar-refractivity contribution in [3.63, 3.8) is 0 Å². The maximum Gasteiger partial charge on any atom is 0.326 e. The monoisotopic (exact) mass is 462 g/mol. The Morgan fingerprint density at radius 3 is 1.68 bits per heavy atom. The molecular formula is C17H30N6O7S. The van der Waals surface area contributed by atoms with Crippen LogP contribution in [-0.2, 0) is 28.8 Å². The zero-order chi connectivity index (χ0) is 24.0. The number of primary amides is 2. The average Bonchev–Trinajstić information content (AvgIpc) is 2.69. The van der Waals surface area contributed by atoms with Gasteiger partial charge in [-0.05, 0) is 31.3 Å². The molecule has 3 unspecified atom stereocenters. The number of thioether (sulfide) groups is 1. The quantitative estimate of drug-likeness (QED) is 0.122. The van der Waals surface area contributed by atoms with Gasteiger partial charge in [-0.3, -0.25) is 24.0 Å². The van der Waals surface area contributed by atoms with Crippen molar-refractivity contribution in [3.05, 3.63) is 0 Å². The Kier molecular flexibility index (Phi) is 13.6. The molecule has 0 saturated heterocycles. The molecular weight excluding hydrogens is 432 g/mol. The van der Waals surface area contributed by atoms with Crippen LogP contribution in [0.15, 0.2) is 0 Å². The summed E-state index contributed by atoms with van der Waals surface area (Å²) in [6.45, 7) is -0.338. The first-order valence-corrected chi connectivity index (χ1v) is 10.8. The molecule has 0 saturated carbocycles. The highest BCUT2D eigenvalue weighted by atomic mass is 32.2. The maximum atomic E-state index is 12.6. The van der Waals surface area contributed by atoms with Gasteiger partial charge in [0.15, 0.2) is 0 Å². The molecule has 13 nitrogen and oxygen atoms in total. The molecule has 176 valence electrons. The van der Waals surface area contributed by atoms with Crippen molar-refractivity contribution in [1.29, 1.82) is 0 Å². The fraction of sp³-hybridized carbons (Fsp3) is 0.647. The van der Waals surface area contributed by atoms with Crippen molar-refractivity contribution in [1.82, 2.24) is 16.0 Å². The van der Waals surface area contributed by atoms with Gasteiger partial charge in [0, 0.05) is 12.8 Å². The molecule has 0 rings (SSSR count). The number of nitrogens with two attached hydrogens (primary N) is 3. The van der Waals surface area contributed by atoms with Crippen molar-refractivity contribution in [2.45, 2.75) is 50.2 Å². The topological polar surface area (TPSA) is 237 Å². The van der Waals surface area contributed by atoms with Crippen LogP contribution >= 0.6 is 11.8 Å². The molecule has 0 aliphatic rings. The van der Waals surface area contributed by atoms with Gasteiger partial charge in [0.05, 0.1) is 6.54 Å². The zero-order valence-corrected chi connectivity index (χ0v) is 18.0. The first-order chi connectivity index (χ1) is 14.5. The molecule has 3 atom stereocenters. The van der Waals surface area contributed by atoms with E-state index in [1.807, 2.05) is 0 Å². The number of amides is 5. The predicted molar refractivity (Wildman–Crippen MR) is 112 cm³/mol. The number of hydrogen-bond acceptors (Lipinski definition) is 8. The molecule has 0 bridgehead atoms. The lowest BCUT2D eigenvalue weighted by Gasteiger charge is -2.24. The molecule has 0 radical (unpaired) electrons. The summed E-state index contributed by atoms with van der Waals surface area (Å²) in [6, 6.07) is -3.73. The van der Waals surface area contributed by atoms with E-state index in [0.717, 1.165) is 0 Å². The van der Waals surface area contributed by atoms with E-state index in [9.17, 15) is 33.9 Å². The molecule has 5 amide bonds. The van der Waals surface area contributed by atoms with Crippen LogP contribution in [0.2, 0.25) is 0 Å². The normalized spacial score (nSPS) is 13.4. The lowest BCUT2D eigenvalue weighted by atomic mass is 10.1. The number of carbonyl (C=O) groups excluding carboxylic acids is 5. The molecule has 0 aromatic rings. The Balaban J connectivity index is 5.38. The van der Waals surface area contributed by atoms with Gasteiger partial charge in [-0.2, -0.15) is 11.8 Å². The SMILES string of the molecule is CSCCC(NC(=O)CN)C(=O)NC(CCC(N)=O)C(=O)NC(CCC(N)=O)C(=O)O. The maximum absolute atomic E-state index is 12.6. The van der Waals surface area contributed by atoms with E-state index < -0.39 is 53.6 Å². The van der Waals surface area contributed by atoms with Crippen LogP contribution in [0.1, 0.15) is 32.1 Å². The fourth-order valence-electron chi connectivity index (χ4n) is 2.40. The lowest BCUT2D eigenvalue weighted by molar-refractivity contribution is -0.142. The first-order valence-electron chi connectivity index (χ1n) is 9.40. The van der Waals surface area contributed by atoms with Crippen molar-refractivity contribution >= 4 is 47.3 Å². The smallest absolute Gasteiger partial charge is 0.326 e. The van der Waals surface area contributed by atoms with Crippen molar-refractivity contribution in [3.8, 4) is 0 Å². The molecule has 0 aromatic heterocycles. The van der Waals surface area contributed by atoms with Crippen molar-refractivity contribution < 1.29 is 33.9 Å². The molecule has 0 aromatic carbocycles. The second-order valence-corrected chi connectivity index (χ2v) is 7.56. The molecule has 0 spiro atoms. The third-order valence-electron chi connectivity index (χ3n) is 4.05. The van der Waals surface area contributed by atoms with Gasteiger partial charge in [-0.1, -0.05) is 0 Å². The van der Waals surface area contributed by atoms with E-state index in [2.05, 4.69) is 16.0 Å². The Hall–Kier alpha value is -2.87. The zero-order valence-electron chi connectivity index (χ0n) is 17.2. The van der Waals surface area contributed by atoms with Crippen LogP contribution in [0.3, 0.4) is 0 Å². The van der Waals surface area contributed by atoms with E-state index in [1.54, 1.807) is 6.26 Å². The molecule has 14 heteroatoms. The van der Waals surface area contributed by atoms with E-state index >= 15 is 0 Å². The second-order valence-electron chi connectivity index (χ2n) is 6.58.